The maximum atomic E-state index is 12.0. The highest BCUT2D eigenvalue weighted by Crippen LogP contribution is 2.04. The van der Waals surface area contributed by atoms with Crippen LogP contribution in [0.5, 0.6) is 0 Å². The van der Waals surface area contributed by atoms with Gasteiger partial charge in [0, 0.05) is 25.5 Å². The number of carbonyl (C=O) groups excluding carboxylic acids is 2. The molecule has 2 amide bonds. The van der Waals surface area contributed by atoms with Gasteiger partial charge in [0.2, 0.25) is 11.8 Å². The van der Waals surface area contributed by atoms with Gasteiger partial charge in [0.1, 0.15) is 0 Å². The summed E-state index contributed by atoms with van der Waals surface area (Å²) in [6.07, 6.45) is 4.47. The van der Waals surface area contributed by atoms with Crippen LogP contribution in [-0.4, -0.2) is 41.3 Å². The maximum Gasteiger partial charge on any atom is 0.239 e. The topological polar surface area (TPSA) is 62.3 Å². The molecule has 0 bridgehead atoms. The predicted octanol–water partition coefficient (Wildman–Crippen LogP) is -0.0274. The summed E-state index contributed by atoms with van der Waals surface area (Å²) in [5.41, 5.74) is 0.926. The van der Waals surface area contributed by atoms with Crippen molar-refractivity contribution < 1.29 is 9.59 Å². The average molecular weight is 233 g/mol. The van der Waals surface area contributed by atoms with Crippen LogP contribution < -0.4 is 5.32 Å². The highest BCUT2D eigenvalue weighted by molar-refractivity contribution is 5.86. The van der Waals surface area contributed by atoms with Gasteiger partial charge >= 0.3 is 0 Å². The molecule has 17 heavy (non-hydrogen) atoms. The molecule has 0 unspecified atom stereocenters. The number of aromatic nitrogens is 1. The summed E-state index contributed by atoms with van der Waals surface area (Å²) in [5, 5.41) is 2.75. The maximum absolute atomic E-state index is 12.0. The van der Waals surface area contributed by atoms with Gasteiger partial charge in [-0.15, -0.1) is 0 Å². The highest BCUT2D eigenvalue weighted by atomic mass is 16.2. The molecule has 0 aromatic carbocycles. The lowest BCUT2D eigenvalue weighted by molar-refractivity contribution is -0.134. The molecule has 5 nitrogen and oxygen atoms in total. The normalized spacial score (nSPS) is 16.2. The number of hydrogen-bond acceptors (Lipinski definition) is 3. The number of hydrogen-bond donors (Lipinski definition) is 1. The molecule has 1 aliphatic rings. The fourth-order valence-electron chi connectivity index (χ4n) is 1.81. The Morgan fingerprint density at radius 3 is 2.94 bits per heavy atom. The van der Waals surface area contributed by atoms with Crippen LogP contribution >= 0.6 is 0 Å². The first-order chi connectivity index (χ1) is 8.25. The molecule has 1 aromatic rings. The quantitative estimate of drug-likeness (QED) is 0.780. The molecule has 1 N–H and O–H groups in total. The number of carbonyl (C=O) groups is 2. The van der Waals surface area contributed by atoms with E-state index >= 15 is 0 Å². The zero-order chi connectivity index (χ0) is 12.1. The molecule has 0 atom stereocenters. The van der Waals surface area contributed by atoms with Crippen LogP contribution in [0.3, 0.4) is 0 Å². The second-order valence-corrected chi connectivity index (χ2v) is 4.05. The van der Waals surface area contributed by atoms with Gasteiger partial charge < -0.3 is 10.2 Å². The number of pyridine rings is 1. The average Bonchev–Trinajstić information content (AvgIpc) is 2.55. The fourth-order valence-corrected chi connectivity index (χ4v) is 1.81. The molecule has 2 heterocycles. The van der Waals surface area contributed by atoms with Crippen LogP contribution in [0.15, 0.2) is 24.5 Å². The number of nitrogens with one attached hydrogen (secondary N) is 1. The summed E-state index contributed by atoms with van der Waals surface area (Å²) in [5.74, 6) is -0.0844. The van der Waals surface area contributed by atoms with Crippen LogP contribution in [0, 0.1) is 0 Å². The fraction of sp³-hybridized carbons (Fsp3) is 0.417. The van der Waals surface area contributed by atoms with Crippen molar-refractivity contribution in [2.45, 2.75) is 12.8 Å². The van der Waals surface area contributed by atoms with E-state index in [0.717, 1.165) is 12.0 Å². The third-order valence-corrected chi connectivity index (χ3v) is 2.72. The van der Waals surface area contributed by atoms with Gasteiger partial charge in [0.05, 0.1) is 13.0 Å². The van der Waals surface area contributed by atoms with Gasteiger partial charge in [-0.25, -0.2) is 0 Å². The molecule has 0 radical (unpaired) electrons. The van der Waals surface area contributed by atoms with E-state index in [9.17, 15) is 9.59 Å². The van der Waals surface area contributed by atoms with Crippen molar-refractivity contribution in [1.29, 1.82) is 0 Å². The standard InChI is InChI=1S/C12H15N3O2/c16-11-9-15(7-1-4-14-11)12(17)8-10-2-5-13-6-3-10/h2-3,5-6H,1,4,7-9H2,(H,14,16). The Morgan fingerprint density at radius 2 is 2.18 bits per heavy atom. The second-order valence-electron chi connectivity index (χ2n) is 4.05. The second kappa shape index (κ2) is 5.43. The van der Waals surface area contributed by atoms with Gasteiger partial charge in [0.25, 0.3) is 0 Å². The molecule has 0 spiro atoms. The number of amides is 2. The van der Waals surface area contributed by atoms with E-state index in [1.165, 1.54) is 0 Å². The van der Waals surface area contributed by atoms with Gasteiger partial charge in [-0.05, 0) is 24.1 Å². The lowest BCUT2D eigenvalue weighted by Crippen LogP contribution is -2.38. The van der Waals surface area contributed by atoms with Crippen LogP contribution in [0.1, 0.15) is 12.0 Å². The van der Waals surface area contributed by atoms with Crippen LogP contribution in [0.2, 0.25) is 0 Å². The van der Waals surface area contributed by atoms with Gasteiger partial charge in [0.15, 0.2) is 0 Å². The van der Waals surface area contributed by atoms with Gasteiger partial charge in [-0.1, -0.05) is 0 Å². The zero-order valence-electron chi connectivity index (χ0n) is 9.56. The molecule has 2 rings (SSSR count). The minimum absolute atomic E-state index is 0.00625. The van der Waals surface area contributed by atoms with Crippen LogP contribution in [-0.2, 0) is 16.0 Å². The van der Waals surface area contributed by atoms with E-state index in [4.69, 9.17) is 0 Å². The lowest BCUT2D eigenvalue weighted by Gasteiger charge is -2.18. The lowest BCUT2D eigenvalue weighted by atomic mass is 10.2. The summed E-state index contributed by atoms with van der Waals surface area (Å²) in [4.78, 5) is 28.8. The van der Waals surface area contributed by atoms with Crippen molar-refractivity contribution in [3.63, 3.8) is 0 Å². The molecule has 1 aliphatic heterocycles. The first-order valence-electron chi connectivity index (χ1n) is 5.69. The van der Waals surface area contributed by atoms with E-state index in [-0.39, 0.29) is 18.4 Å². The molecule has 0 saturated carbocycles. The molecule has 1 saturated heterocycles. The summed E-state index contributed by atoms with van der Waals surface area (Å²) in [7, 11) is 0. The Hall–Kier alpha value is -1.91. The van der Waals surface area contributed by atoms with E-state index in [2.05, 4.69) is 10.3 Å². The van der Waals surface area contributed by atoms with Crippen LogP contribution in [0.4, 0.5) is 0 Å². The molecule has 1 fully saturated rings. The molecule has 90 valence electrons. The minimum atomic E-state index is -0.0782. The van der Waals surface area contributed by atoms with Crippen molar-refractivity contribution in [3.8, 4) is 0 Å². The predicted molar refractivity (Wildman–Crippen MR) is 62.1 cm³/mol. The zero-order valence-corrected chi connectivity index (χ0v) is 9.56. The Balaban J connectivity index is 1.97. The molecule has 1 aromatic heterocycles. The first kappa shape index (κ1) is 11.6. The Kier molecular flexibility index (Phi) is 3.69. The van der Waals surface area contributed by atoms with Gasteiger partial charge in [-0.3, -0.25) is 14.6 Å². The van der Waals surface area contributed by atoms with E-state index in [1.807, 2.05) is 12.1 Å². The smallest absolute Gasteiger partial charge is 0.239 e. The summed E-state index contributed by atoms with van der Waals surface area (Å²) < 4.78 is 0. The first-order valence-corrected chi connectivity index (χ1v) is 5.69. The van der Waals surface area contributed by atoms with Gasteiger partial charge in [-0.2, -0.15) is 0 Å². The van der Waals surface area contributed by atoms with Crippen molar-refractivity contribution in [2.24, 2.45) is 0 Å². The molecular formula is C12H15N3O2. The molecule has 0 aliphatic carbocycles. The van der Waals surface area contributed by atoms with Crippen molar-refractivity contribution in [1.82, 2.24) is 15.2 Å². The third kappa shape index (κ3) is 3.27. The SMILES string of the molecule is O=C1CN(C(=O)Cc2ccncc2)CCCN1. The van der Waals surface area contributed by atoms with E-state index in [0.29, 0.717) is 19.5 Å². The highest BCUT2D eigenvalue weighted by Gasteiger charge is 2.19. The van der Waals surface area contributed by atoms with Crippen LogP contribution in [0.25, 0.3) is 0 Å². The van der Waals surface area contributed by atoms with E-state index < -0.39 is 0 Å². The summed E-state index contributed by atoms with van der Waals surface area (Å²) >= 11 is 0. The van der Waals surface area contributed by atoms with Crippen molar-refractivity contribution in [3.05, 3.63) is 30.1 Å². The minimum Gasteiger partial charge on any atom is -0.354 e. The Bertz CT molecular complexity index is 405. The Labute approximate surface area is 99.8 Å². The van der Waals surface area contributed by atoms with Crippen molar-refractivity contribution in [2.75, 3.05) is 19.6 Å². The molecule has 5 heteroatoms. The summed E-state index contributed by atoms with van der Waals surface area (Å²) in [6.45, 7) is 1.46. The number of nitrogens with zero attached hydrogens (tertiary/aromatic N) is 2. The largest absolute Gasteiger partial charge is 0.354 e. The third-order valence-electron chi connectivity index (χ3n) is 2.72. The monoisotopic (exact) mass is 233 g/mol. The van der Waals surface area contributed by atoms with E-state index in [1.54, 1.807) is 17.3 Å². The number of rotatable bonds is 2. The molecular weight excluding hydrogens is 218 g/mol. The summed E-state index contributed by atoms with van der Waals surface area (Å²) in [6, 6.07) is 3.63. The Morgan fingerprint density at radius 1 is 1.41 bits per heavy atom. The van der Waals surface area contributed by atoms with Crippen molar-refractivity contribution >= 4 is 11.8 Å².